The summed E-state index contributed by atoms with van der Waals surface area (Å²) in [5, 5.41) is 0. The summed E-state index contributed by atoms with van der Waals surface area (Å²) in [5.74, 6) is 0. The molecule has 0 fully saturated rings. The minimum atomic E-state index is 0.609. The zero-order valence-electron chi connectivity index (χ0n) is 9.71. The third kappa shape index (κ3) is 8.22. The Morgan fingerprint density at radius 3 is 2.00 bits per heavy atom. The van der Waals surface area contributed by atoms with Crippen molar-refractivity contribution in [1.29, 1.82) is 0 Å². The number of ether oxygens (including phenoxy) is 1. The maximum Gasteiger partial charge on any atom is 0.0594 e. The van der Waals surface area contributed by atoms with Crippen LogP contribution in [0.25, 0.3) is 0 Å². The molecule has 0 N–H and O–H groups in total. The van der Waals surface area contributed by atoms with E-state index in [-0.39, 0.29) is 0 Å². The van der Waals surface area contributed by atoms with E-state index in [1.165, 1.54) is 0 Å². The lowest BCUT2D eigenvalue weighted by Crippen LogP contribution is -2.30. The van der Waals surface area contributed by atoms with Crippen LogP contribution in [0.5, 0.6) is 0 Å². The van der Waals surface area contributed by atoms with Crippen LogP contribution in [-0.2, 0) is 4.74 Å². The van der Waals surface area contributed by atoms with Crippen LogP contribution >= 0.6 is 0 Å². The minimum Gasteiger partial charge on any atom is -0.379 e. The van der Waals surface area contributed by atoms with E-state index in [0.717, 1.165) is 26.3 Å². The highest BCUT2D eigenvalue weighted by Crippen LogP contribution is 1.92. The minimum absolute atomic E-state index is 0.609. The molecule has 0 unspecified atom stereocenters. The van der Waals surface area contributed by atoms with Gasteiger partial charge in [-0.1, -0.05) is 0 Å². The van der Waals surface area contributed by atoms with Gasteiger partial charge in [0, 0.05) is 19.1 Å². The third-order valence-electron chi connectivity index (χ3n) is 2.15. The molecule has 3 nitrogen and oxygen atoms in total. The van der Waals surface area contributed by atoms with Crippen molar-refractivity contribution < 1.29 is 4.74 Å². The zero-order valence-corrected chi connectivity index (χ0v) is 9.71. The maximum atomic E-state index is 5.48. The second-order valence-electron chi connectivity index (χ2n) is 3.99. The van der Waals surface area contributed by atoms with Gasteiger partial charge in [0.05, 0.1) is 13.2 Å². The first-order valence-electron chi connectivity index (χ1n) is 4.96. The zero-order chi connectivity index (χ0) is 10.3. The first kappa shape index (κ1) is 12.9. The lowest BCUT2D eigenvalue weighted by Gasteiger charge is -2.20. The molecule has 0 bridgehead atoms. The van der Waals surface area contributed by atoms with Crippen molar-refractivity contribution >= 4 is 0 Å². The Bertz CT molecular complexity index is 115. The molecule has 0 aromatic heterocycles. The van der Waals surface area contributed by atoms with Crippen LogP contribution in [0, 0.1) is 0 Å². The highest BCUT2D eigenvalue weighted by atomic mass is 16.5. The van der Waals surface area contributed by atoms with E-state index in [4.69, 9.17) is 4.74 Å². The van der Waals surface area contributed by atoms with Crippen LogP contribution in [0.3, 0.4) is 0 Å². The molecular weight excluding hydrogens is 164 g/mol. The number of rotatable bonds is 7. The summed E-state index contributed by atoms with van der Waals surface area (Å²) < 4.78 is 5.48. The van der Waals surface area contributed by atoms with E-state index in [9.17, 15) is 0 Å². The Morgan fingerprint density at radius 2 is 1.54 bits per heavy atom. The van der Waals surface area contributed by atoms with Crippen LogP contribution in [0.4, 0.5) is 0 Å². The Balaban J connectivity index is 3.16. The van der Waals surface area contributed by atoms with E-state index in [1.807, 2.05) is 0 Å². The van der Waals surface area contributed by atoms with Gasteiger partial charge in [-0.25, -0.2) is 0 Å². The molecule has 13 heavy (non-hydrogen) atoms. The van der Waals surface area contributed by atoms with Gasteiger partial charge in [0.1, 0.15) is 0 Å². The van der Waals surface area contributed by atoms with E-state index in [2.05, 4.69) is 44.8 Å². The summed E-state index contributed by atoms with van der Waals surface area (Å²) in [5.41, 5.74) is 0. The molecule has 3 heteroatoms. The molecule has 0 aromatic rings. The summed E-state index contributed by atoms with van der Waals surface area (Å²) in [4.78, 5) is 4.42. The van der Waals surface area contributed by atoms with E-state index in [0.29, 0.717) is 6.04 Å². The second-order valence-corrected chi connectivity index (χ2v) is 3.99. The summed E-state index contributed by atoms with van der Waals surface area (Å²) in [6.07, 6.45) is 0. The van der Waals surface area contributed by atoms with Crippen LogP contribution < -0.4 is 0 Å². The van der Waals surface area contributed by atoms with Gasteiger partial charge in [0.15, 0.2) is 0 Å². The SMILES string of the molecule is CC(C)N(C)CCOCCN(C)C. The summed E-state index contributed by atoms with van der Waals surface area (Å²) >= 11 is 0. The smallest absolute Gasteiger partial charge is 0.0594 e. The van der Waals surface area contributed by atoms with Crippen LogP contribution in [0.15, 0.2) is 0 Å². The van der Waals surface area contributed by atoms with Gasteiger partial charge in [-0.15, -0.1) is 0 Å². The predicted octanol–water partition coefficient (Wildman–Crippen LogP) is 0.905. The molecule has 0 saturated heterocycles. The van der Waals surface area contributed by atoms with Crippen LogP contribution in [0.2, 0.25) is 0 Å². The van der Waals surface area contributed by atoms with Crippen molar-refractivity contribution in [2.24, 2.45) is 0 Å². The van der Waals surface area contributed by atoms with Crippen molar-refractivity contribution in [3.63, 3.8) is 0 Å². The van der Waals surface area contributed by atoms with Crippen LogP contribution in [0.1, 0.15) is 13.8 Å². The number of nitrogens with zero attached hydrogens (tertiary/aromatic N) is 2. The monoisotopic (exact) mass is 188 g/mol. The van der Waals surface area contributed by atoms with Gasteiger partial charge in [-0.2, -0.15) is 0 Å². The average molecular weight is 188 g/mol. The molecule has 0 radical (unpaired) electrons. The van der Waals surface area contributed by atoms with E-state index in [1.54, 1.807) is 0 Å². The molecule has 0 heterocycles. The topological polar surface area (TPSA) is 15.7 Å². The normalized spacial score (nSPS) is 12.0. The molecule has 0 saturated carbocycles. The molecule has 0 atom stereocenters. The molecule has 0 rings (SSSR count). The van der Waals surface area contributed by atoms with E-state index >= 15 is 0 Å². The fraction of sp³-hybridized carbons (Fsp3) is 1.00. The summed E-state index contributed by atoms with van der Waals surface area (Å²) in [7, 11) is 6.24. The Hall–Kier alpha value is -0.120. The van der Waals surface area contributed by atoms with Gasteiger partial charge >= 0.3 is 0 Å². The quantitative estimate of drug-likeness (QED) is 0.552. The number of hydrogen-bond donors (Lipinski definition) is 0. The van der Waals surface area contributed by atoms with Crippen molar-refractivity contribution in [1.82, 2.24) is 9.80 Å². The van der Waals surface area contributed by atoms with E-state index < -0.39 is 0 Å². The fourth-order valence-electron chi connectivity index (χ4n) is 0.816. The highest BCUT2D eigenvalue weighted by molar-refractivity contribution is 4.55. The molecule has 0 aliphatic heterocycles. The molecular formula is C10H24N2O. The van der Waals surface area contributed by atoms with Crippen molar-refractivity contribution in [3.05, 3.63) is 0 Å². The first-order valence-corrected chi connectivity index (χ1v) is 4.96. The average Bonchev–Trinajstić information content (AvgIpc) is 2.02. The van der Waals surface area contributed by atoms with Gasteiger partial charge in [0.25, 0.3) is 0 Å². The van der Waals surface area contributed by atoms with Crippen LogP contribution in [-0.4, -0.2) is 63.3 Å². The second kappa shape index (κ2) is 7.30. The van der Waals surface area contributed by atoms with Gasteiger partial charge in [-0.05, 0) is 35.0 Å². The molecule has 0 aliphatic rings. The molecule has 0 spiro atoms. The van der Waals surface area contributed by atoms with Crippen molar-refractivity contribution in [2.75, 3.05) is 47.4 Å². The first-order chi connectivity index (χ1) is 6.04. The van der Waals surface area contributed by atoms with Crippen molar-refractivity contribution in [3.8, 4) is 0 Å². The summed E-state index contributed by atoms with van der Waals surface area (Å²) in [6.45, 7) is 8.08. The highest BCUT2D eigenvalue weighted by Gasteiger charge is 2.01. The van der Waals surface area contributed by atoms with Crippen molar-refractivity contribution in [2.45, 2.75) is 19.9 Å². The molecule has 0 aromatic carbocycles. The fourth-order valence-corrected chi connectivity index (χ4v) is 0.816. The van der Waals surface area contributed by atoms with Gasteiger partial charge in [0.2, 0.25) is 0 Å². The maximum absolute atomic E-state index is 5.48. The predicted molar refractivity (Wildman–Crippen MR) is 57.1 cm³/mol. The van der Waals surface area contributed by atoms with Gasteiger partial charge in [-0.3, -0.25) is 0 Å². The standard InChI is InChI=1S/C10H24N2O/c1-10(2)12(5)7-9-13-8-6-11(3)4/h10H,6-9H2,1-5H3. The Morgan fingerprint density at radius 1 is 1.00 bits per heavy atom. The third-order valence-corrected chi connectivity index (χ3v) is 2.15. The molecule has 0 amide bonds. The number of hydrogen-bond acceptors (Lipinski definition) is 3. The lowest BCUT2D eigenvalue weighted by molar-refractivity contribution is 0.0920. The Labute approximate surface area is 82.7 Å². The lowest BCUT2D eigenvalue weighted by atomic mass is 10.3. The summed E-state index contributed by atoms with van der Waals surface area (Å²) in [6, 6.07) is 0.609. The van der Waals surface area contributed by atoms with Gasteiger partial charge < -0.3 is 14.5 Å². The Kier molecular flexibility index (Phi) is 7.23. The molecule has 80 valence electrons. The number of likely N-dealkylation sites (N-methyl/N-ethyl adjacent to an activating group) is 2. The molecule has 0 aliphatic carbocycles. The largest absolute Gasteiger partial charge is 0.379 e.